The first kappa shape index (κ1) is 16.2. The predicted octanol–water partition coefficient (Wildman–Crippen LogP) is 3.58. The van der Waals surface area contributed by atoms with Gasteiger partial charge in [-0.15, -0.1) is 0 Å². The highest BCUT2D eigenvalue weighted by Gasteiger charge is 2.37. The van der Waals surface area contributed by atoms with E-state index in [2.05, 4.69) is 4.98 Å². The van der Waals surface area contributed by atoms with Crippen molar-refractivity contribution in [2.75, 3.05) is 13.2 Å². The number of fused-ring (bicyclic) bond motifs is 2. The molecule has 136 valence electrons. The van der Waals surface area contributed by atoms with Crippen molar-refractivity contribution in [3.8, 4) is 11.5 Å². The van der Waals surface area contributed by atoms with E-state index < -0.39 is 0 Å². The number of hydrogen-bond acceptors (Lipinski definition) is 5. The van der Waals surface area contributed by atoms with Gasteiger partial charge in [0.1, 0.15) is 5.52 Å². The lowest BCUT2D eigenvalue weighted by Gasteiger charge is -2.17. The van der Waals surface area contributed by atoms with Gasteiger partial charge in [0, 0.05) is 12.2 Å². The molecule has 1 saturated heterocycles. The Balaban J connectivity index is 1.49. The van der Waals surface area contributed by atoms with Crippen molar-refractivity contribution in [2.24, 2.45) is 0 Å². The Hall–Kier alpha value is -2.99. The van der Waals surface area contributed by atoms with Crippen LogP contribution in [0, 0.1) is 6.92 Å². The molecule has 3 aromatic rings. The summed E-state index contributed by atoms with van der Waals surface area (Å²) in [7, 11) is 0. The van der Waals surface area contributed by atoms with E-state index in [0.29, 0.717) is 41.3 Å². The van der Waals surface area contributed by atoms with E-state index in [1.807, 2.05) is 25.1 Å². The molecule has 2 amide bonds. The number of carbonyl (C=O) groups is 2. The van der Waals surface area contributed by atoms with Crippen LogP contribution in [-0.4, -0.2) is 41.0 Å². The molecule has 0 aliphatic carbocycles. The smallest absolute Gasteiger partial charge is 0.261 e. The van der Waals surface area contributed by atoms with Gasteiger partial charge in [0.15, 0.2) is 5.58 Å². The van der Waals surface area contributed by atoms with Crippen molar-refractivity contribution in [2.45, 2.75) is 25.9 Å². The van der Waals surface area contributed by atoms with Crippen LogP contribution < -0.4 is 0 Å². The summed E-state index contributed by atoms with van der Waals surface area (Å²) in [5.74, 6) is -0.0965. The molecule has 0 N–H and O–H groups in total. The molecule has 3 heterocycles. The van der Waals surface area contributed by atoms with Crippen LogP contribution in [0.1, 0.15) is 39.1 Å². The molecule has 1 unspecified atom stereocenters. The number of oxazole rings is 1. The van der Waals surface area contributed by atoms with Crippen molar-refractivity contribution in [1.29, 1.82) is 0 Å². The molecule has 2 aromatic carbocycles. The second-order valence-corrected chi connectivity index (χ2v) is 7.11. The fraction of sp³-hybridized carbons (Fsp3) is 0.286. The zero-order valence-corrected chi connectivity index (χ0v) is 14.9. The molecule has 0 spiro atoms. The molecule has 6 nitrogen and oxygen atoms in total. The van der Waals surface area contributed by atoms with Crippen molar-refractivity contribution in [3.63, 3.8) is 0 Å². The van der Waals surface area contributed by atoms with Crippen LogP contribution in [0.15, 0.2) is 40.8 Å². The number of carbonyl (C=O) groups excluding carboxylic acids is 2. The second kappa shape index (κ2) is 6.03. The Morgan fingerprint density at radius 1 is 1.11 bits per heavy atom. The number of ether oxygens (including phenoxy) is 1. The topological polar surface area (TPSA) is 72.6 Å². The second-order valence-electron chi connectivity index (χ2n) is 7.11. The third-order valence-corrected chi connectivity index (χ3v) is 5.17. The summed E-state index contributed by atoms with van der Waals surface area (Å²) < 4.78 is 11.4. The number of rotatable bonds is 3. The maximum Gasteiger partial charge on any atom is 0.261 e. The number of nitrogens with zero attached hydrogens (tertiary/aromatic N) is 2. The maximum atomic E-state index is 12.8. The SMILES string of the molecule is Cc1ccc2nc(-c3ccc4c(c3)C(=O)N(CC3CCCO3)C4=O)oc2c1. The largest absolute Gasteiger partial charge is 0.436 e. The normalized spacial score (nSPS) is 19.3. The third-order valence-electron chi connectivity index (χ3n) is 5.17. The number of hydrogen-bond donors (Lipinski definition) is 0. The number of aryl methyl sites for hydroxylation is 1. The molecule has 6 heteroatoms. The Bertz CT molecular complexity index is 1080. The summed E-state index contributed by atoms with van der Waals surface area (Å²) >= 11 is 0. The number of benzene rings is 2. The molecular weight excluding hydrogens is 344 g/mol. The lowest BCUT2D eigenvalue weighted by molar-refractivity contribution is 0.0475. The first-order valence-electron chi connectivity index (χ1n) is 9.09. The zero-order chi connectivity index (χ0) is 18.5. The Kier molecular flexibility index (Phi) is 3.62. The van der Waals surface area contributed by atoms with E-state index in [1.54, 1.807) is 18.2 Å². The first-order valence-corrected chi connectivity index (χ1v) is 9.09. The molecular formula is C21H18N2O4. The average molecular weight is 362 g/mol. The molecule has 2 aliphatic heterocycles. The molecule has 0 bridgehead atoms. The molecule has 0 saturated carbocycles. The lowest BCUT2D eigenvalue weighted by atomic mass is 10.1. The van der Waals surface area contributed by atoms with Gasteiger partial charge in [-0.25, -0.2) is 4.98 Å². The summed E-state index contributed by atoms with van der Waals surface area (Å²) in [6, 6.07) is 11.0. The summed E-state index contributed by atoms with van der Waals surface area (Å²) in [4.78, 5) is 31.2. The zero-order valence-electron chi connectivity index (χ0n) is 14.9. The van der Waals surface area contributed by atoms with Gasteiger partial charge in [-0.05, 0) is 55.7 Å². The van der Waals surface area contributed by atoms with Gasteiger partial charge in [0.2, 0.25) is 5.89 Å². The van der Waals surface area contributed by atoms with Gasteiger partial charge in [-0.3, -0.25) is 14.5 Å². The maximum absolute atomic E-state index is 12.8. The van der Waals surface area contributed by atoms with Gasteiger partial charge in [-0.2, -0.15) is 0 Å². The van der Waals surface area contributed by atoms with E-state index >= 15 is 0 Å². The van der Waals surface area contributed by atoms with Crippen LogP contribution in [-0.2, 0) is 4.74 Å². The average Bonchev–Trinajstić information content (AvgIpc) is 3.37. The fourth-order valence-corrected chi connectivity index (χ4v) is 3.74. The van der Waals surface area contributed by atoms with Gasteiger partial charge >= 0.3 is 0 Å². The van der Waals surface area contributed by atoms with Crippen molar-refractivity contribution >= 4 is 22.9 Å². The Morgan fingerprint density at radius 3 is 2.78 bits per heavy atom. The Labute approximate surface area is 155 Å². The number of amides is 2. The van der Waals surface area contributed by atoms with E-state index in [1.165, 1.54) is 4.90 Å². The minimum Gasteiger partial charge on any atom is -0.436 e. The summed E-state index contributed by atoms with van der Waals surface area (Å²) in [6.07, 6.45) is 1.78. The van der Waals surface area contributed by atoms with Crippen LogP contribution in [0.25, 0.3) is 22.6 Å². The van der Waals surface area contributed by atoms with Crippen LogP contribution in [0.5, 0.6) is 0 Å². The van der Waals surface area contributed by atoms with Crippen LogP contribution >= 0.6 is 0 Å². The monoisotopic (exact) mass is 362 g/mol. The van der Waals surface area contributed by atoms with E-state index in [-0.39, 0.29) is 17.9 Å². The third kappa shape index (κ3) is 2.64. The molecule has 2 aliphatic rings. The lowest BCUT2D eigenvalue weighted by Crippen LogP contribution is -2.36. The molecule has 27 heavy (non-hydrogen) atoms. The molecule has 1 fully saturated rings. The standard InChI is InChI=1S/C21H18N2O4/c1-12-4-7-17-18(9-12)27-19(22-17)13-5-6-15-16(10-13)21(25)23(20(15)24)11-14-3-2-8-26-14/h4-7,9-10,14H,2-3,8,11H2,1H3. The summed E-state index contributed by atoms with van der Waals surface area (Å²) in [6.45, 7) is 2.99. The Morgan fingerprint density at radius 2 is 1.96 bits per heavy atom. The first-order chi connectivity index (χ1) is 13.1. The highest BCUT2D eigenvalue weighted by molar-refractivity contribution is 6.21. The molecule has 0 radical (unpaired) electrons. The van der Waals surface area contributed by atoms with Crippen LogP contribution in [0.4, 0.5) is 0 Å². The fourth-order valence-electron chi connectivity index (χ4n) is 3.74. The molecule has 1 atom stereocenters. The highest BCUT2D eigenvalue weighted by Crippen LogP contribution is 2.31. The summed E-state index contributed by atoms with van der Waals surface area (Å²) in [5, 5.41) is 0. The van der Waals surface area contributed by atoms with Crippen molar-refractivity contribution in [3.05, 3.63) is 53.1 Å². The minimum absolute atomic E-state index is 0.0630. The number of imide groups is 1. The van der Waals surface area contributed by atoms with Gasteiger partial charge in [0.25, 0.3) is 11.8 Å². The van der Waals surface area contributed by atoms with E-state index in [9.17, 15) is 9.59 Å². The van der Waals surface area contributed by atoms with E-state index in [0.717, 1.165) is 23.9 Å². The van der Waals surface area contributed by atoms with Crippen LogP contribution in [0.3, 0.4) is 0 Å². The van der Waals surface area contributed by atoms with Gasteiger partial charge < -0.3 is 9.15 Å². The van der Waals surface area contributed by atoms with Crippen LogP contribution in [0.2, 0.25) is 0 Å². The molecule has 1 aromatic heterocycles. The van der Waals surface area contributed by atoms with Gasteiger partial charge in [0.05, 0.1) is 23.8 Å². The number of aromatic nitrogens is 1. The predicted molar refractivity (Wildman–Crippen MR) is 98.5 cm³/mol. The highest BCUT2D eigenvalue weighted by atomic mass is 16.5. The molecule has 5 rings (SSSR count). The quantitative estimate of drug-likeness (QED) is 0.666. The minimum atomic E-state index is -0.278. The van der Waals surface area contributed by atoms with Crippen molar-refractivity contribution in [1.82, 2.24) is 9.88 Å². The summed E-state index contributed by atoms with van der Waals surface area (Å²) in [5.41, 5.74) is 4.06. The van der Waals surface area contributed by atoms with E-state index in [4.69, 9.17) is 9.15 Å². The van der Waals surface area contributed by atoms with Gasteiger partial charge in [-0.1, -0.05) is 6.07 Å². The van der Waals surface area contributed by atoms with Crippen molar-refractivity contribution < 1.29 is 18.7 Å².